The van der Waals surface area contributed by atoms with Crippen LogP contribution in [-0.2, 0) is 19.0 Å². The number of hydrogen-bond acceptors (Lipinski definition) is 4. The number of carbonyl (C=O) groups excluding carboxylic acids is 1. The predicted molar refractivity (Wildman–Crippen MR) is 49.7 cm³/mol. The van der Waals surface area contributed by atoms with Gasteiger partial charge in [-0.2, -0.15) is 8.78 Å². The molecule has 88 valence electrons. The number of alkyl halides is 3. The van der Waals surface area contributed by atoms with E-state index in [0.29, 0.717) is 0 Å². The second-order valence-electron chi connectivity index (χ2n) is 3.55. The van der Waals surface area contributed by atoms with E-state index in [1.54, 1.807) is 13.8 Å². The van der Waals surface area contributed by atoms with Crippen molar-refractivity contribution in [2.75, 3.05) is 13.2 Å². The van der Waals surface area contributed by atoms with Crippen molar-refractivity contribution in [3.63, 3.8) is 0 Å². The number of ether oxygens (including phenoxy) is 3. The van der Waals surface area contributed by atoms with Gasteiger partial charge in [-0.25, -0.2) is 4.79 Å². The highest BCUT2D eigenvalue weighted by Gasteiger charge is 2.39. The van der Waals surface area contributed by atoms with Crippen LogP contribution < -0.4 is 0 Å². The van der Waals surface area contributed by atoms with E-state index in [9.17, 15) is 13.6 Å². The quantitative estimate of drug-likeness (QED) is 0.585. The summed E-state index contributed by atoms with van der Waals surface area (Å²) in [5.41, 5.74) is 0. The van der Waals surface area contributed by atoms with Crippen LogP contribution in [0.15, 0.2) is 0 Å². The molecule has 0 aromatic carbocycles. The van der Waals surface area contributed by atoms with Gasteiger partial charge in [-0.1, -0.05) is 0 Å². The standard InChI is InChI=1S/C8H11BrF2O4/c1-7(2)14-4-5(15-7)3-13-6(12)8(9,10)11/h5H,3-4H2,1-2H3. The Hall–Kier alpha value is -0.270. The van der Waals surface area contributed by atoms with Crippen LogP contribution in [0.5, 0.6) is 0 Å². The summed E-state index contributed by atoms with van der Waals surface area (Å²) in [4.78, 5) is 7.02. The monoisotopic (exact) mass is 288 g/mol. The van der Waals surface area contributed by atoms with Gasteiger partial charge >= 0.3 is 10.8 Å². The first-order valence-electron chi connectivity index (χ1n) is 4.26. The number of carbonyl (C=O) groups is 1. The molecule has 0 amide bonds. The summed E-state index contributed by atoms with van der Waals surface area (Å²) < 4.78 is 39.4. The van der Waals surface area contributed by atoms with E-state index in [1.807, 2.05) is 15.9 Å². The van der Waals surface area contributed by atoms with Crippen molar-refractivity contribution >= 4 is 21.9 Å². The van der Waals surface area contributed by atoms with Gasteiger partial charge in [0.2, 0.25) is 0 Å². The average Bonchev–Trinajstić information content (AvgIpc) is 2.39. The van der Waals surface area contributed by atoms with E-state index in [-0.39, 0.29) is 13.2 Å². The second-order valence-corrected chi connectivity index (χ2v) is 4.54. The molecule has 0 bridgehead atoms. The zero-order chi connectivity index (χ0) is 11.7. The molecule has 1 aliphatic heterocycles. The van der Waals surface area contributed by atoms with E-state index < -0.39 is 22.7 Å². The van der Waals surface area contributed by atoms with E-state index in [4.69, 9.17) is 9.47 Å². The first-order valence-corrected chi connectivity index (χ1v) is 5.06. The molecule has 1 saturated heterocycles. The Balaban J connectivity index is 2.31. The molecule has 0 N–H and O–H groups in total. The molecule has 1 heterocycles. The van der Waals surface area contributed by atoms with Crippen molar-refractivity contribution in [2.45, 2.75) is 30.6 Å². The molecule has 1 atom stereocenters. The SMILES string of the molecule is CC1(C)OCC(COC(=O)C(F)(F)Br)O1. The van der Waals surface area contributed by atoms with Crippen molar-refractivity contribution in [1.29, 1.82) is 0 Å². The minimum atomic E-state index is -3.65. The maximum Gasteiger partial charge on any atom is 0.395 e. The molecule has 0 saturated carbocycles. The van der Waals surface area contributed by atoms with Gasteiger partial charge in [-0.15, -0.1) is 0 Å². The first-order chi connectivity index (χ1) is 6.71. The topological polar surface area (TPSA) is 44.8 Å². The molecule has 0 aromatic heterocycles. The van der Waals surface area contributed by atoms with Crippen LogP contribution in [0, 0.1) is 0 Å². The summed E-state index contributed by atoms with van der Waals surface area (Å²) in [5, 5.41) is 0. The molecule has 15 heavy (non-hydrogen) atoms. The number of esters is 1. The third kappa shape index (κ3) is 4.00. The highest BCUT2D eigenvalue weighted by Crippen LogP contribution is 2.25. The fourth-order valence-corrected chi connectivity index (χ4v) is 1.21. The molecule has 0 spiro atoms. The Morgan fingerprint density at radius 2 is 2.27 bits per heavy atom. The Labute approximate surface area is 94.0 Å². The molecular formula is C8H11BrF2O4. The Morgan fingerprint density at radius 1 is 1.67 bits per heavy atom. The van der Waals surface area contributed by atoms with Gasteiger partial charge in [0.1, 0.15) is 12.7 Å². The molecule has 0 radical (unpaired) electrons. The molecule has 1 aliphatic rings. The fraction of sp³-hybridized carbons (Fsp3) is 0.875. The summed E-state index contributed by atoms with van der Waals surface area (Å²) >= 11 is 1.90. The maximum atomic E-state index is 12.3. The smallest absolute Gasteiger partial charge is 0.395 e. The van der Waals surface area contributed by atoms with Crippen LogP contribution in [0.25, 0.3) is 0 Å². The van der Waals surface area contributed by atoms with Gasteiger partial charge in [0.15, 0.2) is 5.79 Å². The molecular weight excluding hydrogens is 278 g/mol. The highest BCUT2D eigenvalue weighted by molar-refractivity contribution is 9.10. The van der Waals surface area contributed by atoms with Crippen LogP contribution in [0.1, 0.15) is 13.8 Å². The van der Waals surface area contributed by atoms with Crippen molar-refractivity contribution in [2.24, 2.45) is 0 Å². The number of hydrogen-bond donors (Lipinski definition) is 0. The van der Waals surface area contributed by atoms with E-state index in [2.05, 4.69) is 4.74 Å². The molecule has 0 aliphatic carbocycles. The summed E-state index contributed by atoms with van der Waals surface area (Å²) in [6, 6.07) is 0. The summed E-state index contributed by atoms with van der Waals surface area (Å²) in [6.45, 7) is 3.35. The minimum Gasteiger partial charge on any atom is -0.458 e. The van der Waals surface area contributed by atoms with Crippen molar-refractivity contribution in [3.05, 3.63) is 0 Å². The maximum absolute atomic E-state index is 12.3. The zero-order valence-corrected chi connectivity index (χ0v) is 9.84. The summed E-state index contributed by atoms with van der Waals surface area (Å²) in [7, 11) is 0. The van der Waals surface area contributed by atoms with Gasteiger partial charge in [0, 0.05) is 15.9 Å². The van der Waals surface area contributed by atoms with Gasteiger partial charge in [-0.05, 0) is 13.8 Å². The fourth-order valence-electron chi connectivity index (χ4n) is 1.10. The lowest BCUT2D eigenvalue weighted by molar-refractivity contribution is -0.169. The highest BCUT2D eigenvalue weighted by atomic mass is 79.9. The van der Waals surface area contributed by atoms with Gasteiger partial charge < -0.3 is 14.2 Å². The molecule has 1 unspecified atom stereocenters. The molecule has 4 nitrogen and oxygen atoms in total. The normalized spacial score (nSPS) is 25.3. The Morgan fingerprint density at radius 3 is 2.67 bits per heavy atom. The lowest BCUT2D eigenvalue weighted by Gasteiger charge is -2.17. The summed E-state index contributed by atoms with van der Waals surface area (Å²) in [6.07, 6.45) is -0.501. The molecule has 1 rings (SSSR count). The van der Waals surface area contributed by atoms with E-state index >= 15 is 0 Å². The predicted octanol–water partition coefficient (Wildman–Crippen LogP) is 1.67. The largest absolute Gasteiger partial charge is 0.458 e. The van der Waals surface area contributed by atoms with Gasteiger partial charge in [0.25, 0.3) is 0 Å². The third-order valence-electron chi connectivity index (χ3n) is 1.70. The van der Waals surface area contributed by atoms with Crippen LogP contribution in [0.2, 0.25) is 0 Å². The third-order valence-corrected chi connectivity index (χ3v) is 2.02. The Kier molecular flexibility index (Phi) is 3.67. The van der Waals surface area contributed by atoms with Crippen molar-refractivity contribution in [1.82, 2.24) is 0 Å². The van der Waals surface area contributed by atoms with Crippen molar-refractivity contribution < 1.29 is 27.8 Å². The van der Waals surface area contributed by atoms with Crippen molar-refractivity contribution in [3.8, 4) is 0 Å². The minimum absolute atomic E-state index is 0.216. The van der Waals surface area contributed by atoms with Gasteiger partial charge in [-0.3, -0.25) is 0 Å². The lowest BCUT2D eigenvalue weighted by atomic mass is 10.4. The van der Waals surface area contributed by atoms with Gasteiger partial charge in [0.05, 0.1) is 6.61 Å². The zero-order valence-electron chi connectivity index (χ0n) is 8.26. The molecule has 7 heteroatoms. The number of rotatable bonds is 3. The van der Waals surface area contributed by atoms with E-state index in [1.165, 1.54) is 0 Å². The van der Waals surface area contributed by atoms with E-state index in [0.717, 1.165) is 0 Å². The van der Waals surface area contributed by atoms with Crippen LogP contribution in [0.3, 0.4) is 0 Å². The van der Waals surface area contributed by atoms with Crippen LogP contribution >= 0.6 is 15.9 Å². The molecule has 1 fully saturated rings. The molecule has 0 aromatic rings. The lowest BCUT2D eigenvalue weighted by Crippen LogP contribution is -2.29. The first kappa shape index (κ1) is 12.8. The van der Waals surface area contributed by atoms with Crippen LogP contribution in [-0.4, -0.2) is 35.9 Å². The second kappa shape index (κ2) is 4.31. The Bertz CT molecular complexity index is 252. The average molecular weight is 289 g/mol. The number of halogens is 3. The summed E-state index contributed by atoms with van der Waals surface area (Å²) in [5.74, 6) is -2.38. The van der Waals surface area contributed by atoms with Crippen LogP contribution in [0.4, 0.5) is 8.78 Å².